The molecule has 0 fully saturated rings. The minimum Gasteiger partial charge on any atom is -0.462 e. The van der Waals surface area contributed by atoms with Gasteiger partial charge in [0.1, 0.15) is 32.1 Å². The van der Waals surface area contributed by atoms with E-state index in [0.29, 0.717) is 26.0 Å². The van der Waals surface area contributed by atoms with E-state index in [1.54, 1.807) is 34.6 Å². The maximum Gasteiger partial charge on any atom is 0.349 e. The number of nitrogens with one attached hydrogen (secondary N) is 1. The predicted octanol–water partition coefficient (Wildman–Crippen LogP) is 6.91. The molecule has 0 aliphatic rings. The molecule has 0 radical (unpaired) electrons. The molecule has 0 atom stereocenters. The maximum atomic E-state index is 12.8. The number of hydrogen-bond donors (Lipinski definition) is 1. The average molecular weight is 524 g/mol. The Bertz CT molecular complexity index is 1370. The van der Waals surface area contributed by atoms with Crippen LogP contribution in [0.4, 0.5) is 5.00 Å². The van der Waals surface area contributed by atoms with Crippen LogP contribution in [0.15, 0.2) is 29.8 Å². The van der Waals surface area contributed by atoms with Crippen molar-refractivity contribution in [2.24, 2.45) is 0 Å². The van der Waals surface area contributed by atoms with Gasteiger partial charge >= 0.3 is 11.9 Å². The summed E-state index contributed by atoms with van der Waals surface area (Å²) in [5.41, 5.74) is 4.40. The van der Waals surface area contributed by atoms with Crippen LogP contribution in [0.25, 0.3) is 16.8 Å². The smallest absolute Gasteiger partial charge is 0.349 e. The zero-order chi connectivity index (χ0) is 26.6. The van der Waals surface area contributed by atoms with Gasteiger partial charge < -0.3 is 14.8 Å². The number of esters is 2. The summed E-state index contributed by atoms with van der Waals surface area (Å²) < 4.78 is 10.7. The molecular formula is C27H29N3O4S2. The van der Waals surface area contributed by atoms with E-state index in [-0.39, 0.29) is 12.2 Å². The maximum absolute atomic E-state index is 12.8. The van der Waals surface area contributed by atoms with Gasteiger partial charge in [-0.05, 0) is 59.6 Å². The second-order valence-electron chi connectivity index (χ2n) is 9.15. The molecular weight excluding hydrogens is 494 g/mol. The highest BCUT2D eigenvalue weighted by molar-refractivity contribution is 7.18. The first-order valence-corrected chi connectivity index (χ1v) is 13.1. The SMILES string of the molecule is CCOC(=O)c1c(N/C=C(/C#N)c2nc(-c3ccc(C)cc3C)cs2)sc(C(=O)OC(C)(C)C)c1C. The third-order valence-electron chi connectivity index (χ3n) is 5.07. The monoisotopic (exact) mass is 523 g/mol. The summed E-state index contributed by atoms with van der Waals surface area (Å²) in [7, 11) is 0. The van der Waals surface area contributed by atoms with E-state index in [2.05, 4.69) is 22.4 Å². The van der Waals surface area contributed by atoms with Gasteiger partial charge in [-0.25, -0.2) is 14.6 Å². The van der Waals surface area contributed by atoms with Crippen LogP contribution < -0.4 is 5.32 Å². The zero-order valence-corrected chi connectivity index (χ0v) is 23.1. The fraction of sp³-hybridized carbons (Fsp3) is 0.333. The van der Waals surface area contributed by atoms with Gasteiger partial charge in [-0.15, -0.1) is 22.7 Å². The topological polar surface area (TPSA) is 101 Å². The Morgan fingerprint density at radius 2 is 1.92 bits per heavy atom. The summed E-state index contributed by atoms with van der Waals surface area (Å²) in [6, 6.07) is 8.32. The first-order chi connectivity index (χ1) is 16.9. The van der Waals surface area contributed by atoms with Gasteiger partial charge in [-0.1, -0.05) is 23.8 Å². The molecule has 9 heteroatoms. The van der Waals surface area contributed by atoms with Crippen LogP contribution in [0.1, 0.15) is 69.4 Å². The van der Waals surface area contributed by atoms with E-state index in [4.69, 9.17) is 9.47 Å². The molecule has 1 N–H and O–H groups in total. The van der Waals surface area contributed by atoms with Crippen molar-refractivity contribution < 1.29 is 19.1 Å². The van der Waals surface area contributed by atoms with E-state index in [9.17, 15) is 14.9 Å². The first kappa shape index (κ1) is 27.1. The fourth-order valence-corrected chi connectivity index (χ4v) is 5.31. The number of allylic oxidation sites excluding steroid dienone is 1. The number of rotatable bonds is 7. The highest BCUT2D eigenvalue weighted by Crippen LogP contribution is 2.36. The molecule has 188 valence electrons. The van der Waals surface area contributed by atoms with Crippen LogP contribution in [-0.2, 0) is 9.47 Å². The predicted molar refractivity (Wildman–Crippen MR) is 144 cm³/mol. The number of thiophene rings is 1. The number of thiazole rings is 1. The molecule has 2 heterocycles. The normalized spacial score (nSPS) is 11.7. The lowest BCUT2D eigenvalue weighted by Crippen LogP contribution is -2.23. The molecule has 0 aliphatic heterocycles. The quantitative estimate of drug-likeness (QED) is 0.265. The van der Waals surface area contributed by atoms with Crippen molar-refractivity contribution in [1.29, 1.82) is 5.26 Å². The van der Waals surface area contributed by atoms with Crippen molar-refractivity contribution in [3.8, 4) is 17.3 Å². The van der Waals surface area contributed by atoms with Gasteiger partial charge in [0.15, 0.2) is 0 Å². The summed E-state index contributed by atoms with van der Waals surface area (Å²) >= 11 is 2.44. The minimum absolute atomic E-state index is 0.189. The van der Waals surface area contributed by atoms with Crippen LogP contribution in [0, 0.1) is 32.1 Å². The van der Waals surface area contributed by atoms with E-state index in [0.717, 1.165) is 28.2 Å². The summed E-state index contributed by atoms with van der Waals surface area (Å²) in [6.07, 6.45) is 1.50. The van der Waals surface area contributed by atoms with Gasteiger partial charge in [0.25, 0.3) is 0 Å². The molecule has 0 amide bonds. The second kappa shape index (κ2) is 11.1. The molecule has 7 nitrogen and oxygen atoms in total. The Hall–Kier alpha value is -3.48. The van der Waals surface area contributed by atoms with Gasteiger partial charge in [0, 0.05) is 17.1 Å². The Kier molecular flexibility index (Phi) is 8.33. The van der Waals surface area contributed by atoms with Crippen molar-refractivity contribution in [2.75, 3.05) is 11.9 Å². The largest absolute Gasteiger partial charge is 0.462 e. The van der Waals surface area contributed by atoms with Crippen LogP contribution in [0.2, 0.25) is 0 Å². The van der Waals surface area contributed by atoms with Crippen LogP contribution >= 0.6 is 22.7 Å². The lowest BCUT2D eigenvalue weighted by molar-refractivity contribution is 0.00745. The van der Waals surface area contributed by atoms with E-state index < -0.39 is 17.5 Å². The molecule has 0 bridgehead atoms. The van der Waals surface area contributed by atoms with Crippen molar-refractivity contribution >= 4 is 45.2 Å². The molecule has 0 spiro atoms. The third kappa shape index (κ3) is 6.20. The van der Waals surface area contributed by atoms with E-state index in [1.165, 1.54) is 23.1 Å². The van der Waals surface area contributed by atoms with Crippen LogP contribution in [0.3, 0.4) is 0 Å². The first-order valence-electron chi connectivity index (χ1n) is 11.4. The second-order valence-corrected chi connectivity index (χ2v) is 11.0. The Morgan fingerprint density at radius 3 is 2.53 bits per heavy atom. The summed E-state index contributed by atoms with van der Waals surface area (Å²) in [5, 5.41) is 15.7. The van der Waals surface area contributed by atoms with Gasteiger partial charge in [-0.2, -0.15) is 5.26 Å². The van der Waals surface area contributed by atoms with Crippen molar-refractivity contribution in [3.63, 3.8) is 0 Å². The zero-order valence-electron chi connectivity index (χ0n) is 21.4. The van der Waals surface area contributed by atoms with Crippen LogP contribution in [-0.4, -0.2) is 29.1 Å². The molecule has 0 unspecified atom stereocenters. The highest BCUT2D eigenvalue weighted by Gasteiger charge is 2.28. The molecule has 1 aromatic carbocycles. The van der Waals surface area contributed by atoms with Crippen molar-refractivity contribution in [3.05, 3.63) is 61.9 Å². The summed E-state index contributed by atoms with van der Waals surface area (Å²) in [6.45, 7) is 13.0. The van der Waals surface area contributed by atoms with Crippen molar-refractivity contribution in [2.45, 2.75) is 54.1 Å². The Labute approximate surface area is 219 Å². The summed E-state index contributed by atoms with van der Waals surface area (Å²) in [4.78, 5) is 30.4. The van der Waals surface area contributed by atoms with Gasteiger partial charge in [-0.3, -0.25) is 0 Å². The molecule has 0 saturated heterocycles. The van der Waals surface area contributed by atoms with Crippen LogP contribution in [0.5, 0.6) is 0 Å². The number of anilines is 1. The standard InChI is InChI=1S/C27H29N3O4S2/c1-8-33-25(31)21-17(4)22(26(32)34-27(5,6)7)36-24(21)29-13-18(12-28)23-30-20(14-35-23)19-10-9-15(2)11-16(19)3/h9-11,13-14,29H,8H2,1-7H3/b18-13-. The molecule has 2 aromatic heterocycles. The molecule has 0 aliphatic carbocycles. The molecule has 3 rings (SSSR count). The summed E-state index contributed by atoms with van der Waals surface area (Å²) in [5.74, 6) is -1.08. The lowest BCUT2D eigenvalue weighted by Gasteiger charge is -2.19. The minimum atomic E-state index is -0.683. The number of aromatic nitrogens is 1. The van der Waals surface area contributed by atoms with E-state index in [1.807, 2.05) is 31.4 Å². The Morgan fingerprint density at radius 1 is 1.19 bits per heavy atom. The molecule has 36 heavy (non-hydrogen) atoms. The number of nitriles is 1. The van der Waals surface area contributed by atoms with Gasteiger partial charge in [0.05, 0.1) is 17.9 Å². The number of hydrogen-bond acceptors (Lipinski definition) is 9. The number of ether oxygens (including phenoxy) is 2. The fourth-order valence-electron chi connectivity index (χ4n) is 3.49. The third-order valence-corrected chi connectivity index (χ3v) is 7.15. The lowest BCUT2D eigenvalue weighted by atomic mass is 10.0. The van der Waals surface area contributed by atoms with Crippen molar-refractivity contribution in [1.82, 2.24) is 4.98 Å². The number of aryl methyl sites for hydroxylation is 2. The average Bonchev–Trinajstić information content (AvgIpc) is 3.38. The highest BCUT2D eigenvalue weighted by atomic mass is 32.1. The van der Waals surface area contributed by atoms with E-state index >= 15 is 0 Å². The number of carbonyl (C=O) groups excluding carboxylic acids is 2. The number of benzene rings is 1. The molecule has 3 aromatic rings. The molecule has 0 saturated carbocycles. The number of carbonyl (C=O) groups is 2. The Balaban J connectivity index is 1.96. The number of nitrogens with zero attached hydrogens (tertiary/aromatic N) is 2. The van der Waals surface area contributed by atoms with Gasteiger partial charge in [0.2, 0.25) is 0 Å².